The molecule has 0 N–H and O–H groups in total. The van der Waals surface area contributed by atoms with E-state index in [0.29, 0.717) is 11.1 Å². The van der Waals surface area contributed by atoms with Crippen LogP contribution in [0.3, 0.4) is 0 Å². The van der Waals surface area contributed by atoms with Gasteiger partial charge >= 0.3 is 0 Å². The molecule has 0 bridgehead atoms. The highest BCUT2D eigenvalue weighted by molar-refractivity contribution is 6.14. The van der Waals surface area contributed by atoms with E-state index in [0.717, 1.165) is 184 Å². The molecule has 0 unspecified atom stereocenters. The molecule has 0 aliphatic heterocycles. The fraction of sp³-hybridized carbons (Fsp3) is 0.216. The Morgan fingerprint density at radius 1 is 0.404 bits per heavy atom. The monoisotopic (exact) mass is 1230 g/mol. The van der Waals surface area contributed by atoms with Crippen molar-refractivity contribution < 1.29 is 35.2 Å². The van der Waals surface area contributed by atoms with Crippen molar-refractivity contribution in [2.75, 3.05) is 0 Å². The SMILES string of the molecule is [2H]C([2H])([2H])c1c[n+](C)c(-c2ccc3c(oc4cc5ccccc5cc43)c2C)cc1-c1ccccc1.[2H]C([2H])(c1cc[n+](C)c(-c2ccc3c(oc4cc5ccccc5cc43)c2C)c1)C1CCCCC1.[2H]C1(c2cc[n+](C)c(-c3ccc4c(oc5cc6ccccc6cc54)c3C)c2)CCCC1. The fourth-order valence-electron chi connectivity index (χ4n) is 15.1. The first-order valence-corrected chi connectivity index (χ1v) is 33.4. The van der Waals surface area contributed by atoms with Crippen LogP contribution in [0, 0.1) is 33.5 Å². The van der Waals surface area contributed by atoms with Crippen LogP contribution in [0.5, 0.6) is 0 Å². The molecule has 0 saturated heterocycles. The summed E-state index contributed by atoms with van der Waals surface area (Å²) in [5.41, 5.74) is 18.9. The molecule has 462 valence electrons. The predicted molar refractivity (Wildman–Crippen MR) is 389 cm³/mol. The molecule has 2 saturated carbocycles. The summed E-state index contributed by atoms with van der Waals surface area (Å²) in [4.78, 5) is 0. The third kappa shape index (κ3) is 10.8. The van der Waals surface area contributed by atoms with Crippen LogP contribution < -0.4 is 13.7 Å². The summed E-state index contributed by atoms with van der Waals surface area (Å²) in [6.07, 6.45) is 14.2. The molecule has 6 heteroatoms. The maximum atomic E-state index is 8.96. The van der Waals surface area contributed by atoms with E-state index in [1.807, 2.05) is 79.5 Å². The highest BCUT2D eigenvalue weighted by atomic mass is 16.3. The van der Waals surface area contributed by atoms with Gasteiger partial charge in [-0.15, -0.1) is 0 Å². The summed E-state index contributed by atoms with van der Waals surface area (Å²) < 4.78 is 76.5. The number of hydrogen-bond donors (Lipinski definition) is 0. The van der Waals surface area contributed by atoms with E-state index in [-0.39, 0.29) is 5.92 Å². The van der Waals surface area contributed by atoms with Gasteiger partial charge in [0.1, 0.15) is 54.6 Å². The van der Waals surface area contributed by atoms with Crippen LogP contribution in [0.2, 0.25) is 0 Å². The number of aromatic nitrogens is 3. The lowest BCUT2D eigenvalue weighted by atomic mass is 9.85. The van der Waals surface area contributed by atoms with Crippen molar-refractivity contribution in [3.8, 4) is 44.9 Å². The molecule has 94 heavy (non-hydrogen) atoms. The van der Waals surface area contributed by atoms with E-state index in [1.54, 1.807) is 6.20 Å². The average Bonchev–Trinajstić information content (AvgIpc) is 1.55. The predicted octanol–water partition coefficient (Wildman–Crippen LogP) is 22.4. The van der Waals surface area contributed by atoms with Gasteiger partial charge in [-0.05, 0) is 186 Å². The topological polar surface area (TPSA) is 51.1 Å². The zero-order chi connectivity index (χ0) is 68.9. The van der Waals surface area contributed by atoms with E-state index in [4.69, 9.17) is 21.5 Å². The number of benzene rings is 10. The van der Waals surface area contributed by atoms with Gasteiger partial charge in [-0.25, -0.2) is 13.7 Å². The number of pyridine rings is 3. The number of furan rings is 3. The van der Waals surface area contributed by atoms with Gasteiger partial charge < -0.3 is 13.3 Å². The number of aryl methyl sites for hydroxylation is 7. The molecular weight excluding hydrogens is 1150 g/mol. The molecule has 18 rings (SSSR count). The fourth-order valence-corrected chi connectivity index (χ4v) is 15.1. The molecule has 0 radical (unpaired) electrons. The Morgan fingerprint density at radius 2 is 0.819 bits per heavy atom. The normalized spacial score (nSPS) is 15.5. The summed E-state index contributed by atoms with van der Waals surface area (Å²) in [6.45, 7) is 4.11. The molecule has 2 aliphatic carbocycles. The van der Waals surface area contributed by atoms with E-state index < -0.39 is 19.1 Å². The zero-order valence-electron chi connectivity index (χ0n) is 60.4. The second-order valence-electron chi connectivity index (χ2n) is 26.3. The van der Waals surface area contributed by atoms with Crippen molar-refractivity contribution in [2.45, 2.75) is 97.7 Å². The van der Waals surface area contributed by atoms with Crippen molar-refractivity contribution in [3.05, 3.63) is 258 Å². The Balaban J connectivity index is 0.000000117. The van der Waals surface area contributed by atoms with Crippen LogP contribution in [-0.4, -0.2) is 0 Å². The molecule has 6 heterocycles. The van der Waals surface area contributed by atoms with Crippen molar-refractivity contribution in [2.24, 2.45) is 27.1 Å². The molecule has 10 aromatic carbocycles. The van der Waals surface area contributed by atoms with Gasteiger partial charge in [-0.2, -0.15) is 0 Å². The summed E-state index contributed by atoms with van der Waals surface area (Å²) in [6, 6.07) is 71.1. The number of hydrogen-bond acceptors (Lipinski definition) is 3. The zero-order valence-corrected chi connectivity index (χ0v) is 54.4. The van der Waals surface area contributed by atoms with Crippen molar-refractivity contribution >= 4 is 98.1 Å². The second-order valence-corrected chi connectivity index (χ2v) is 26.3. The van der Waals surface area contributed by atoms with Gasteiger partial charge in [0.2, 0.25) is 17.1 Å². The molecular formula is C88H80N3O3+3. The molecule has 2 aliphatic rings. The van der Waals surface area contributed by atoms with Crippen molar-refractivity contribution in [1.29, 1.82) is 0 Å². The van der Waals surface area contributed by atoms with Crippen molar-refractivity contribution in [3.63, 3.8) is 0 Å². The minimum absolute atomic E-state index is 0.0925. The van der Waals surface area contributed by atoms with E-state index in [1.165, 1.54) is 38.9 Å². The van der Waals surface area contributed by atoms with Crippen LogP contribution in [0.25, 0.3) is 143 Å². The number of rotatable bonds is 7. The maximum Gasteiger partial charge on any atom is 0.213 e. The lowest BCUT2D eigenvalue weighted by Gasteiger charge is -2.21. The number of fused-ring (bicyclic) bond motifs is 12. The Hall–Kier alpha value is -10.2. The summed E-state index contributed by atoms with van der Waals surface area (Å²) in [5.74, 6) is -0.351. The Morgan fingerprint density at radius 3 is 1.29 bits per heavy atom. The van der Waals surface area contributed by atoms with Crippen molar-refractivity contribution in [1.82, 2.24) is 0 Å². The molecule has 2 fully saturated rings. The first-order chi connectivity index (χ1) is 48.3. The standard InChI is InChI=1S/C30H24NO.C30H30NO.C28H26NO/c1-19-18-31(3)28(17-26(19)21-9-5-4-6-10-21)24-13-14-25-27-15-22-11-7-8-12-23(22)16-29(27)32-30(25)20(24)2;1-20-25(28-17-22(14-15-31(28)2)16-21-8-4-3-5-9-21)12-13-26-27-18-23-10-6-7-11-24(23)19-29(27)32-30(20)26;1-18-23(26-16-22(13-14-29(26)2)19-7-3-4-8-19)11-12-24-25-15-20-9-5-6-10-21(20)17-27(25)30-28(18)24/h4-18H,1-3H3;6-7,10-15,17-19,21H,3-5,8-9,16H2,1-2H3;5-6,9-17,19H,3-4,7-8H2,1-2H3/q3*+1/i1D3;16D2;19D. The summed E-state index contributed by atoms with van der Waals surface area (Å²) >= 11 is 0. The van der Waals surface area contributed by atoms with Gasteiger partial charge in [0.05, 0.1) is 16.7 Å². The molecule has 0 spiro atoms. The minimum Gasteiger partial charge on any atom is -0.456 e. The minimum atomic E-state index is -2.22. The van der Waals surface area contributed by atoms with Gasteiger partial charge in [0.15, 0.2) is 18.6 Å². The molecule has 6 nitrogen and oxygen atoms in total. The van der Waals surface area contributed by atoms with E-state index >= 15 is 0 Å². The number of nitrogens with zero attached hydrogens (tertiary/aromatic N) is 3. The first-order valence-electron chi connectivity index (χ1n) is 36.4. The average molecular weight is 1230 g/mol. The highest BCUT2D eigenvalue weighted by Gasteiger charge is 2.26. The van der Waals surface area contributed by atoms with Gasteiger partial charge in [-0.3, -0.25) is 0 Å². The molecule has 6 aromatic heterocycles. The summed E-state index contributed by atoms with van der Waals surface area (Å²) in [7, 11) is 6.01. The van der Waals surface area contributed by atoms with Gasteiger partial charge in [0, 0.05) is 93.1 Å². The Kier molecular flexibility index (Phi) is 13.6. The smallest absolute Gasteiger partial charge is 0.213 e. The molecule has 0 atom stereocenters. The second kappa shape index (κ2) is 24.4. The summed E-state index contributed by atoms with van der Waals surface area (Å²) in [5, 5.41) is 13.9. The molecule has 0 amide bonds. The van der Waals surface area contributed by atoms with Crippen LogP contribution in [0.15, 0.2) is 238 Å². The maximum absolute atomic E-state index is 8.96. The molecule has 16 aromatic rings. The van der Waals surface area contributed by atoms with Gasteiger partial charge in [0.25, 0.3) is 0 Å². The van der Waals surface area contributed by atoms with Crippen LogP contribution in [0.4, 0.5) is 0 Å². The van der Waals surface area contributed by atoms with Crippen LogP contribution in [0.1, 0.15) is 105 Å². The largest absolute Gasteiger partial charge is 0.456 e. The van der Waals surface area contributed by atoms with Crippen LogP contribution in [-0.2, 0) is 27.5 Å². The third-order valence-corrected chi connectivity index (χ3v) is 20.3. The van der Waals surface area contributed by atoms with Crippen LogP contribution >= 0.6 is 0 Å². The van der Waals surface area contributed by atoms with E-state index in [2.05, 4.69) is 195 Å². The quantitative estimate of drug-likeness (QED) is 0.149. The Labute approximate surface area is 558 Å². The lowest BCUT2D eigenvalue weighted by Crippen LogP contribution is -2.31. The third-order valence-electron chi connectivity index (χ3n) is 20.3. The lowest BCUT2D eigenvalue weighted by molar-refractivity contribution is -0.660. The van der Waals surface area contributed by atoms with E-state index in [9.17, 15) is 0 Å². The van der Waals surface area contributed by atoms with Gasteiger partial charge in [-0.1, -0.05) is 148 Å². The highest BCUT2D eigenvalue weighted by Crippen LogP contribution is 2.42. The Bertz CT molecular complexity index is 5910. The first kappa shape index (κ1) is 52.3.